The molecule has 0 saturated heterocycles. The molecule has 0 radical (unpaired) electrons. The van der Waals surface area contributed by atoms with Crippen LogP contribution in [0.15, 0.2) is 23.7 Å². The molecule has 1 heterocycles. The van der Waals surface area contributed by atoms with Gasteiger partial charge in [0.05, 0.1) is 19.9 Å². The molecule has 5 nitrogen and oxygen atoms in total. The van der Waals surface area contributed by atoms with E-state index in [1.807, 2.05) is 0 Å². The standard InChI is InChI=1S/C7H10N2O3/c1-11-4-5-3-6(9-8-5)7(10)12-2/h3-4,8-9H,1-2H3. The molecule has 0 unspecified atom stereocenters. The number of esters is 1. The molecule has 1 aliphatic rings. The molecule has 1 rings (SSSR count). The first kappa shape index (κ1) is 8.45. The Bertz CT molecular complexity index is 245. The molecule has 1 aliphatic heterocycles. The van der Waals surface area contributed by atoms with Crippen LogP contribution in [0.25, 0.3) is 0 Å². The molecular formula is C7H10N2O3. The van der Waals surface area contributed by atoms with Gasteiger partial charge in [0.2, 0.25) is 0 Å². The highest BCUT2D eigenvalue weighted by molar-refractivity contribution is 5.88. The van der Waals surface area contributed by atoms with E-state index in [9.17, 15) is 4.79 Å². The third kappa shape index (κ3) is 1.69. The molecule has 66 valence electrons. The molecule has 0 aromatic rings. The van der Waals surface area contributed by atoms with Crippen LogP contribution in [0.5, 0.6) is 0 Å². The van der Waals surface area contributed by atoms with Crippen LogP contribution in [0.2, 0.25) is 0 Å². The lowest BCUT2D eigenvalue weighted by atomic mass is 10.4. The second-order valence-electron chi connectivity index (χ2n) is 2.11. The maximum absolute atomic E-state index is 10.9. The maximum atomic E-state index is 10.9. The lowest BCUT2D eigenvalue weighted by molar-refractivity contribution is -0.136. The summed E-state index contributed by atoms with van der Waals surface area (Å²) in [7, 11) is 2.85. The lowest BCUT2D eigenvalue weighted by Crippen LogP contribution is -2.27. The molecule has 0 aromatic carbocycles. The summed E-state index contributed by atoms with van der Waals surface area (Å²) in [5, 5.41) is 0. The fraction of sp³-hybridized carbons (Fsp3) is 0.286. The van der Waals surface area contributed by atoms with Gasteiger partial charge in [0.1, 0.15) is 12.0 Å². The summed E-state index contributed by atoms with van der Waals surface area (Å²) < 4.78 is 9.21. The van der Waals surface area contributed by atoms with Crippen LogP contribution in [0, 0.1) is 0 Å². The van der Waals surface area contributed by atoms with E-state index in [1.54, 1.807) is 6.08 Å². The van der Waals surface area contributed by atoms with Crippen molar-refractivity contribution in [3.05, 3.63) is 23.7 Å². The van der Waals surface area contributed by atoms with E-state index in [1.165, 1.54) is 20.5 Å². The number of carbonyl (C=O) groups is 1. The molecular weight excluding hydrogens is 160 g/mol. The van der Waals surface area contributed by atoms with Crippen molar-refractivity contribution in [1.29, 1.82) is 0 Å². The fourth-order valence-corrected chi connectivity index (χ4v) is 0.778. The first-order valence-corrected chi connectivity index (χ1v) is 3.33. The van der Waals surface area contributed by atoms with Gasteiger partial charge >= 0.3 is 5.97 Å². The molecule has 5 heteroatoms. The molecule has 0 bridgehead atoms. The zero-order valence-corrected chi connectivity index (χ0v) is 6.88. The Labute approximate surface area is 70.0 Å². The van der Waals surface area contributed by atoms with E-state index in [2.05, 4.69) is 15.6 Å². The molecule has 0 spiro atoms. The van der Waals surface area contributed by atoms with Crippen LogP contribution >= 0.6 is 0 Å². The molecule has 2 N–H and O–H groups in total. The number of carbonyl (C=O) groups excluding carboxylic acids is 1. The topological polar surface area (TPSA) is 59.6 Å². The summed E-state index contributed by atoms with van der Waals surface area (Å²) in [6, 6.07) is 0. The van der Waals surface area contributed by atoms with Gasteiger partial charge in [0.25, 0.3) is 0 Å². The highest BCUT2D eigenvalue weighted by Gasteiger charge is 2.15. The van der Waals surface area contributed by atoms with Crippen molar-refractivity contribution in [3.8, 4) is 0 Å². The Balaban J connectivity index is 2.65. The zero-order chi connectivity index (χ0) is 8.97. The number of hydrogen-bond acceptors (Lipinski definition) is 5. The largest absolute Gasteiger partial charge is 0.502 e. The molecule has 12 heavy (non-hydrogen) atoms. The number of ether oxygens (including phenoxy) is 2. The monoisotopic (exact) mass is 170 g/mol. The summed E-state index contributed by atoms with van der Waals surface area (Å²) in [6.45, 7) is 0. The smallest absolute Gasteiger partial charge is 0.356 e. The third-order valence-electron chi connectivity index (χ3n) is 1.29. The minimum atomic E-state index is -0.415. The van der Waals surface area contributed by atoms with Crippen molar-refractivity contribution in [2.24, 2.45) is 0 Å². The van der Waals surface area contributed by atoms with Gasteiger partial charge in [-0.1, -0.05) is 0 Å². The maximum Gasteiger partial charge on any atom is 0.356 e. The molecule has 0 aliphatic carbocycles. The summed E-state index contributed by atoms with van der Waals surface area (Å²) >= 11 is 0. The molecule has 0 saturated carbocycles. The second-order valence-corrected chi connectivity index (χ2v) is 2.11. The number of methoxy groups -OCH3 is 2. The minimum Gasteiger partial charge on any atom is -0.502 e. The van der Waals surface area contributed by atoms with Gasteiger partial charge in [-0.25, -0.2) is 4.79 Å². The highest BCUT2D eigenvalue weighted by atomic mass is 16.5. The summed E-state index contributed by atoms with van der Waals surface area (Å²) in [4.78, 5) is 10.9. The van der Waals surface area contributed by atoms with Gasteiger partial charge < -0.3 is 9.47 Å². The van der Waals surface area contributed by atoms with Gasteiger partial charge in [-0.3, -0.25) is 10.9 Å². The molecule has 0 fully saturated rings. The minimum absolute atomic E-state index is 0.362. The molecule has 0 amide bonds. The van der Waals surface area contributed by atoms with Crippen LogP contribution in [-0.4, -0.2) is 20.2 Å². The number of hydrogen-bond donors (Lipinski definition) is 2. The van der Waals surface area contributed by atoms with Crippen molar-refractivity contribution < 1.29 is 14.3 Å². The summed E-state index contributed by atoms with van der Waals surface area (Å²) in [5.74, 6) is -0.415. The third-order valence-corrected chi connectivity index (χ3v) is 1.29. The average Bonchev–Trinajstić information content (AvgIpc) is 2.52. The van der Waals surface area contributed by atoms with E-state index in [0.717, 1.165) is 0 Å². The van der Waals surface area contributed by atoms with Crippen LogP contribution in [0.4, 0.5) is 0 Å². The van der Waals surface area contributed by atoms with Gasteiger partial charge in [-0.05, 0) is 6.08 Å². The molecule has 0 atom stereocenters. The van der Waals surface area contributed by atoms with Crippen molar-refractivity contribution in [1.82, 2.24) is 10.9 Å². The molecule has 0 aromatic heterocycles. The quantitative estimate of drug-likeness (QED) is 0.437. The van der Waals surface area contributed by atoms with E-state index in [-0.39, 0.29) is 0 Å². The van der Waals surface area contributed by atoms with Crippen LogP contribution < -0.4 is 10.9 Å². The zero-order valence-electron chi connectivity index (χ0n) is 6.88. The van der Waals surface area contributed by atoms with Crippen molar-refractivity contribution in [3.63, 3.8) is 0 Å². The van der Waals surface area contributed by atoms with E-state index in [4.69, 9.17) is 4.74 Å². The normalized spacial score (nSPS) is 17.8. The van der Waals surface area contributed by atoms with E-state index < -0.39 is 5.97 Å². The lowest BCUT2D eigenvalue weighted by Gasteiger charge is -2.00. The van der Waals surface area contributed by atoms with Crippen molar-refractivity contribution in [2.75, 3.05) is 14.2 Å². The number of allylic oxidation sites excluding steroid dienone is 1. The Kier molecular flexibility index (Phi) is 2.57. The first-order valence-electron chi connectivity index (χ1n) is 3.33. The van der Waals surface area contributed by atoms with Crippen LogP contribution in [-0.2, 0) is 14.3 Å². The summed E-state index contributed by atoms with van der Waals surface area (Å²) in [5.41, 5.74) is 6.39. The predicted molar refractivity (Wildman–Crippen MR) is 41.5 cm³/mol. The fourth-order valence-electron chi connectivity index (χ4n) is 0.778. The SMILES string of the molecule is COC=C1C=C(C(=O)OC)NN1. The number of rotatable bonds is 2. The second kappa shape index (κ2) is 3.66. The van der Waals surface area contributed by atoms with Gasteiger partial charge in [0.15, 0.2) is 0 Å². The number of hydrazine groups is 1. The van der Waals surface area contributed by atoms with Crippen LogP contribution in [0.3, 0.4) is 0 Å². The van der Waals surface area contributed by atoms with Crippen molar-refractivity contribution in [2.45, 2.75) is 0 Å². The average molecular weight is 170 g/mol. The predicted octanol–water partition coefficient (Wildman–Crippen LogP) is -0.361. The Hall–Kier alpha value is -1.65. The van der Waals surface area contributed by atoms with Gasteiger partial charge in [0, 0.05) is 0 Å². The highest BCUT2D eigenvalue weighted by Crippen LogP contribution is 2.04. The van der Waals surface area contributed by atoms with E-state index >= 15 is 0 Å². The summed E-state index contributed by atoms with van der Waals surface area (Å²) in [6.07, 6.45) is 3.07. The van der Waals surface area contributed by atoms with Gasteiger partial charge in [-0.2, -0.15) is 0 Å². The Morgan fingerprint density at radius 3 is 2.83 bits per heavy atom. The first-order chi connectivity index (χ1) is 5.77. The Morgan fingerprint density at radius 2 is 2.25 bits per heavy atom. The van der Waals surface area contributed by atoms with E-state index in [0.29, 0.717) is 11.4 Å². The van der Waals surface area contributed by atoms with Crippen LogP contribution in [0.1, 0.15) is 0 Å². The Morgan fingerprint density at radius 1 is 1.50 bits per heavy atom. The number of nitrogens with one attached hydrogen (secondary N) is 2. The van der Waals surface area contributed by atoms with Crippen molar-refractivity contribution >= 4 is 5.97 Å². The van der Waals surface area contributed by atoms with Gasteiger partial charge in [-0.15, -0.1) is 0 Å².